The van der Waals surface area contributed by atoms with Crippen LogP contribution in [-0.2, 0) is 41.6 Å². The van der Waals surface area contributed by atoms with Crippen LogP contribution < -0.4 is 27.0 Å². The third-order valence-electron chi connectivity index (χ3n) is 7.23. The minimum Gasteiger partial charge on any atom is -0.481 e. The number of carbonyl (C=O) groups excluding carboxylic acids is 5. The van der Waals surface area contributed by atoms with Crippen molar-refractivity contribution in [1.82, 2.24) is 26.3 Å². The SMILES string of the molecule is CCCC[C@H](NC(=O)[C@H](Cc1c[nH]c2ccccc12)NC(C)=O)C(=O)N[C@@H](CC(=O)O)C(=O)N[C@@H](Cc1ccccc1)C(N)=O. The summed E-state index contributed by atoms with van der Waals surface area (Å²) in [6.45, 7) is 3.17. The summed E-state index contributed by atoms with van der Waals surface area (Å²) in [6.07, 6.45) is 2.57. The van der Waals surface area contributed by atoms with E-state index in [1.165, 1.54) is 6.92 Å². The van der Waals surface area contributed by atoms with Gasteiger partial charge in [0.25, 0.3) is 0 Å². The first kappa shape index (κ1) is 34.3. The van der Waals surface area contributed by atoms with Gasteiger partial charge in [-0.05, 0) is 23.6 Å². The molecule has 3 aromatic rings. The number of para-hydroxylation sites is 1. The molecule has 0 aliphatic heterocycles. The maximum absolute atomic E-state index is 13.5. The van der Waals surface area contributed by atoms with Gasteiger partial charge in [0.15, 0.2) is 0 Å². The van der Waals surface area contributed by atoms with Gasteiger partial charge < -0.3 is 37.1 Å². The standard InChI is InChI=1S/C32H40N6O7/c1-3-4-13-24(36-31(44)26(35-19(2)39)16-21-18-34-23-14-9-8-12-22(21)23)30(43)38-27(17-28(40)41)32(45)37-25(29(33)42)15-20-10-6-5-7-11-20/h5-12,14,18,24-27,34H,3-4,13,15-17H2,1-2H3,(H2,33,42)(H,35,39)(H,36,44)(H,37,45)(H,38,43)(H,40,41)/t24-,25-,26-,27-/m0/s1. The van der Waals surface area contributed by atoms with Crippen molar-refractivity contribution >= 4 is 46.4 Å². The van der Waals surface area contributed by atoms with E-state index >= 15 is 0 Å². The van der Waals surface area contributed by atoms with Gasteiger partial charge in [-0.2, -0.15) is 0 Å². The van der Waals surface area contributed by atoms with Crippen molar-refractivity contribution in [2.75, 3.05) is 0 Å². The summed E-state index contributed by atoms with van der Waals surface area (Å²) in [6, 6.07) is 11.4. The molecule has 0 bridgehead atoms. The number of benzene rings is 2. The molecule has 0 saturated carbocycles. The Balaban J connectivity index is 1.76. The van der Waals surface area contributed by atoms with E-state index in [1.54, 1.807) is 36.5 Å². The number of aromatic amines is 1. The van der Waals surface area contributed by atoms with Crippen LogP contribution in [-0.4, -0.2) is 69.8 Å². The number of nitrogens with one attached hydrogen (secondary N) is 5. The van der Waals surface area contributed by atoms with Gasteiger partial charge in [-0.3, -0.25) is 28.8 Å². The number of aliphatic carboxylic acids is 1. The predicted molar refractivity (Wildman–Crippen MR) is 167 cm³/mol. The largest absolute Gasteiger partial charge is 0.481 e. The summed E-state index contributed by atoms with van der Waals surface area (Å²) in [5, 5.41) is 20.5. The number of H-pyrrole nitrogens is 1. The van der Waals surface area contributed by atoms with E-state index < -0.39 is 66.1 Å². The topological polar surface area (TPSA) is 213 Å². The molecule has 0 spiro atoms. The minimum absolute atomic E-state index is 0.0613. The zero-order chi connectivity index (χ0) is 32.9. The van der Waals surface area contributed by atoms with Crippen molar-refractivity contribution in [3.63, 3.8) is 0 Å². The maximum atomic E-state index is 13.5. The number of primary amides is 1. The Hall–Kier alpha value is -5.20. The molecular weight excluding hydrogens is 580 g/mol. The molecule has 4 atom stereocenters. The molecule has 0 fully saturated rings. The van der Waals surface area contributed by atoms with Crippen LogP contribution in [0.5, 0.6) is 0 Å². The summed E-state index contributed by atoms with van der Waals surface area (Å²) >= 11 is 0. The highest BCUT2D eigenvalue weighted by atomic mass is 16.4. The fourth-order valence-corrected chi connectivity index (χ4v) is 4.93. The number of rotatable bonds is 17. The van der Waals surface area contributed by atoms with E-state index in [2.05, 4.69) is 26.3 Å². The zero-order valence-electron chi connectivity index (χ0n) is 25.3. The highest BCUT2D eigenvalue weighted by Crippen LogP contribution is 2.19. The van der Waals surface area contributed by atoms with Crippen LogP contribution in [0.1, 0.15) is 50.7 Å². The molecule has 0 aliphatic carbocycles. The Kier molecular flexibility index (Phi) is 12.6. The maximum Gasteiger partial charge on any atom is 0.305 e. The number of amides is 5. The van der Waals surface area contributed by atoms with Gasteiger partial charge in [0, 0.05) is 36.9 Å². The fourth-order valence-electron chi connectivity index (χ4n) is 4.93. The number of nitrogens with two attached hydrogens (primary N) is 1. The number of hydrogen-bond donors (Lipinski definition) is 7. The van der Waals surface area contributed by atoms with Crippen LogP contribution in [0.3, 0.4) is 0 Å². The molecule has 3 rings (SSSR count). The average Bonchev–Trinajstić information content (AvgIpc) is 3.40. The van der Waals surface area contributed by atoms with Crippen molar-refractivity contribution in [1.29, 1.82) is 0 Å². The first-order valence-corrected chi connectivity index (χ1v) is 14.8. The third-order valence-corrected chi connectivity index (χ3v) is 7.23. The first-order valence-electron chi connectivity index (χ1n) is 14.8. The molecule has 8 N–H and O–H groups in total. The molecule has 13 nitrogen and oxygen atoms in total. The van der Waals surface area contributed by atoms with Gasteiger partial charge in [-0.1, -0.05) is 68.3 Å². The third kappa shape index (κ3) is 10.5. The Labute approximate surface area is 260 Å². The Morgan fingerprint density at radius 1 is 0.778 bits per heavy atom. The molecule has 0 saturated heterocycles. The van der Waals surface area contributed by atoms with Gasteiger partial charge in [-0.25, -0.2) is 0 Å². The van der Waals surface area contributed by atoms with Crippen molar-refractivity contribution in [2.24, 2.45) is 5.73 Å². The summed E-state index contributed by atoms with van der Waals surface area (Å²) < 4.78 is 0. The van der Waals surface area contributed by atoms with E-state index in [9.17, 15) is 33.9 Å². The molecule has 0 unspecified atom stereocenters. The monoisotopic (exact) mass is 620 g/mol. The van der Waals surface area contributed by atoms with Crippen molar-refractivity contribution < 1.29 is 33.9 Å². The average molecular weight is 621 g/mol. The van der Waals surface area contributed by atoms with Gasteiger partial charge in [0.1, 0.15) is 24.2 Å². The smallest absolute Gasteiger partial charge is 0.305 e. The predicted octanol–water partition coefficient (Wildman–Crippen LogP) is 1.06. The lowest BCUT2D eigenvalue weighted by Crippen LogP contribution is -2.58. The second-order valence-corrected chi connectivity index (χ2v) is 10.8. The van der Waals surface area contributed by atoms with Crippen LogP contribution in [0.2, 0.25) is 0 Å². The van der Waals surface area contributed by atoms with Gasteiger partial charge in [0.05, 0.1) is 6.42 Å². The lowest BCUT2D eigenvalue weighted by Gasteiger charge is -2.25. The van der Waals surface area contributed by atoms with Crippen molar-refractivity contribution in [2.45, 2.75) is 76.5 Å². The van der Waals surface area contributed by atoms with Crippen LogP contribution in [0, 0.1) is 0 Å². The summed E-state index contributed by atoms with van der Waals surface area (Å²) in [4.78, 5) is 78.9. The van der Waals surface area contributed by atoms with Gasteiger partial charge >= 0.3 is 5.97 Å². The first-order chi connectivity index (χ1) is 21.5. The van der Waals surface area contributed by atoms with Crippen LogP contribution in [0.4, 0.5) is 0 Å². The molecule has 2 aromatic carbocycles. The normalized spacial score (nSPS) is 13.6. The number of carbonyl (C=O) groups is 6. The Morgan fingerprint density at radius 2 is 1.38 bits per heavy atom. The molecule has 13 heteroatoms. The van der Waals surface area contributed by atoms with Crippen LogP contribution in [0.25, 0.3) is 10.9 Å². The lowest BCUT2D eigenvalue weighted by atomic mass is 10.0. The van der Waals surface area contributed by atoms with Crippen LogP contribution >= 0.6 is 0 Å². The van der Waals surface area contributed by atoms with Gasteiger partial charge in [0.2, 0.25) is 29.5 Å². The molecule has 0 aliphatic rings. The number of carboxylic acid groups (broad SMARTS) is 1. The number of carboxylic acids is 1. The van der Waals surface area contributed by atoms with E-state index in [1.807, 2.05) is 31.2 Å². The van der Waals surface area contributed by atoms with E-state index in [4.69, 9.17) is 5.73 Å². The quantitative estimate of drug-likeness (QED) is 0.116. The van der Waals surface area contributed by atoms with Gasteiger partial charge in [-0.15, -0.1) is 0 Å². The molecule has 1 heterocycles. The second-order valence-electron chi connectivity index (χ2n) is 10.8. The molecule has 45 heavy (non-hydrogen) atoms. The van der Waals surface area contributed by atoms with Crippen molar-refractivity contribution in [3.05, 3.63) is 71.9 Å². The number of unbranched alkanes of at least 4 members (excludes halogenated alkanes) is 1. The summed E-state index contributed by atoms with van der Waals surface area (Å²) in [5.41, 5.74) is 7.86. The summed E-state index contributed by atoms with van der Waals surface area (Å²) in [5.74, 6) is -4.97. The summed E-state index contributed by atoms with van der Waals surface area (Å²) in [7, 11) is 0. The number of fused-ring (bicyclic) bond motifs is 1. The highest BCUT2D eigenvalue weighted by molar-refractivity contribution is 5.97. The number of hydrogen-bond acceptors (Lipinski definition) is 6. The van der Waals surface area contributed by atoms with Crippen LogP contribution in [0.15, 0.2) is 60.8 Å². The fraction of sp³-hybridized carbons (Fsp3) is 0.375. The molecule has 1 aromatic heterocycles. The Morgan fingerprint density at radius 3 is 2.02 bits per heavy atom. The van der Waals surface area contributed by atoms with E-state index in [0.717, 1.165) is 16.5 Å². The van der Waals surface area contributed by atoms with Crippen molar-refractivity contribution in [3.8, 4) is 0 Å². The molecular formula is C32H40N6O7. The molecule has 5 amide bonds. The second kappa shape index (κ2) is 16.6. The molecule has 0 radical (unpaired) electrons. The minimum atomic E-state index is -1.56. The molecule has 240 valence electrons. The highest BCUT2D eigenvalue weighted by Gasteiger charge is 2.32. The number of aromatic nitrogens is 1. The Bertz CT molecular complexity index is 1510. The van der Waals surface area contributed by atoms with E-state index in [0.29, 0.717) is 18.4 Å². The zero-order valence-corrected chi connectivity index (χ0v) is 25.3. The van der Waals surface area contributed by atoms with E-state index in [-0.39, 0.29) is 19.3 Å². The lowest BCUT2D eigenvalue weighted by molar-refractivity contribution is -0.141.